The first-order valence-corrected chi connectivity index (χ1v) is 9.64. The Morgan fingerprint density at radius 3 is 2.57 bits per heavy atom. The predicted molar refractivity (Wildman–Crippen MR) is 112 cm³/mol. The molecule has 0 saturated carbocycles. The van der Waals surface area contributed by atoms with Gasteiger partial charge >= 0.3 is 6.03 Å². The molecule has 0 atom stereocenters. The molecular formula is C22H18BrN3O2. The van der Waals surface area contributed by atoms with E-state index in [0.29, 0.717) is 0 Å². The first-order valence-electron chi connectivity index (χ1n) is 8.85. The van der Waals surface area contributed by atoms with Gasteiger partial charge in [-0.2, -0.15) is 0 Å². The molecule has 0 aliphatic carbocycles. The highest BCUT2D eigenvalue weighted by Crippen LogP contribution is 2.21. The second kappa shape index (κ2) is 7.48. The summed E-state index contributed by atoms with van der Waals surface area (Å²) in [5.74, 6) is -0.326. The lowest BCUT2D eigenvalue weighted by Gasteiger charge is -2.12. The van der Waals surface area contributed by atoms with E-state index in [2.05, 4.69) is 21.2 Å². The third-order valence-corrected chi connectivity index (χ3v) is 5.08. The van der Waals surface area contributed by atoms with Crippen LogP contribution < -0.4 is 5.32 Å². The van der Waals surface area contributed by atoms with Crippen LogP contribution in [0.2, 0.25) is 0 Å². The predicted octanol–water partition coefficient (Wildman–Crippen LogP) is 4.64. The Hall–Kier alpha value is -3.12. The van der Waals surface area contributed by atoms with Crippen LogP contribution >= 0.6 is 15.9 Å². The smallest absolute Gasteiger partial charge is 0.317 e. The van der Waals surface area contributed by atoms with E-state index >= 15 is 0 Å². The zero-order valence-electron chi connectivity index (χ0n) is 15.2. The lowest BCUT2D eigenvalue weighted by atomic mass is 10.1. The van der Waals surface area contributed by atoms with E-state index in [0.717, 1.165) is 27.0 Å². The van der Waals surface area contributed by atoms with Crippen LogP contribution in [0.3, 0.4) is 0 Å². The van der Waals surface area contributed by atoms with Gasteiger partial charge in [-0.05, 0) is 48.9 Å². The molecule has 5 nitrogen and oxygen atoms in total. The monoisotopic (exact) mass is 435 g/mol. The molecule has 1 aliphatic heterocycles. The zero-order valence-corrected chi connectivity index (χ0v) is 16.8. The number of aromatic nitrogens is 1. The molecule has 1 saturated heterocycles. The number of hydrogen-bond acceptors (Lipinski definition) is 2. The molecule has 6 heteroatoms. The van der Waals surface area contributed by atoms with Crippen LogP contribution in [0.15, 0.2) is 77.0 Å². The molecule has 1 aromatic heterocycles. The van der Waals surface area contributed by atoms with Crippen LogP contribution in [0.1, 0.15) is 16.8 Å². The van der Waals surface area contributed by atoms with Crippen molar-refractivity contribution in [3.63, 3.8) is 0 Å². The number of hydrogen-bond donors (Lipinski definition) is 1. The second-order valence-corrected chi connectivity index (χ2v) is 7.56. The number of urea groups is 1. The molecule has 140 valence electrons. The summed E-state index contributed by atoms with van der Waals surface area (Å²) >= 11 is 3.48. The van der Waals surface area contributed by atoms with Crippen LogP contribution in [-0.2, 0) is 11.3 Å². The van der Waals surface area contributed by atoms with E-state index < -0.39 is 6.03 Å². The van der Waals surface area contributed by atoms with Crippen LogP contribution in [-0.4, -0.2) is 21.4 Å². The molecule has 1 fully saturated rings. The molecule has 0 spiro atoms. The number of amides is 3. The molecule has 1 N–H and O–H groups in total. The Morgan fingerprint density at radius 1 is 1.04 bits per heavy atom. The SMILES string of the molecule is Cc1ccc(CN2C(=O)N/C(=C/c3cccn3-c3cccc(Br)c3)C2=O)cc1. The van der Waals surface area contributed by atoms with Crippen molar-refractivity contribution in [2.75, 3.05) is 0 Å². The lowest BCUT2D eigenvalue weighted by molar-refractivity contribution is -0.123. The van der Waals surface area contributed by atoms with Gasteiger partial charge in [0.05, 0.1) is 6.54 Å². The van der Waals surface area contributed by atoms with Gasteiger partial charge in [-0.25, -0.2) is 4.79 Å². The lowest BCUT2D eigenvalue weighted by Crippen LogP contribution is -2.30. The molecule has 3 aromatic rings. The second-order valence-electron chi connectivity index (χ2n) is 6.65. The molecule has 0 bridgehead atoms. The summed E-state index contributed by atoms with van der Waals surface area (Å²) in [7, 11) is 0. The van der Waals surface area contributed by atoms with Gasteiger partial charge in [0.25, 0.3) is 5.91 Å². The van der Waals surface area contributed by atoms with Crippen LogP contribution in [0, 0.1) is 6.92 Å². The number of rotatable bonds is 4. The number of benzene rings is 2. The Balaban J connectivity index is 1.60. The fourth-order valence-electron chi connectivity index (χ4n) is 3.11. The Morgan fingerprint density at radius 2 is 1.82 bits per heavy atom. The summed E-state index contributed by atoms with van der Waals surface area (Å²) in [6.07, 6.45) is 3.62. The van der Waals surface area contributed by atoms with Crippen molar-refractivity contribution in [1.29, 1.82) is 0 Å². The minimum atomic E-state index is -0.405. The van der Waals surface area contributed by atoms with Gasteiger partial charge in [0.15, 0.2) is 0 Å². The van der Waals surface area contributed by atoms with Crippen LogP contribution in [0.4, 0.5) is 4.79 Å². The van der Waals surface area contributed by atoms with E-state index in [1.807, 2.05) is 78.4 Å². The van der Waals surface area contributed by atoms with Crippen molar-refractivity contribution < 1.29 is 9.59 Å². The first-order chi connectivity index (χ1) is 13.5. The van der Waals surface area contributed by atoms with Crippen molar-refractivity contribution in [3.8, 4) is 5.69 Å². The Bertz CT molecular complexity index is 1080. The molecule has 1 aliphatic rings. The van der Waals surface area contributed by atoms with Gasteiger partial charge in [-0.3, -0.25) is 9.69 Å². The summed E-state index contributed by atoms with van der Waals surface area (Å²) < 4.78 is 2.92. The fourth-order valence-corrected chi connectivity index (χ4v) is 3.50. The maximum absolute atomic E-state index is 12.8. The molecule has 4 rings (SSSR count). The highest BCUT2D eigenvalue weighted by Gasteiger charge is 2.33. The standard InChI is InChI=1S/C22H18BrN3O2/c1-15-7-9-16(10-8-15)14-26-21(27)20(24-22(26)28)13-19-6-3-11-25(19)18-5-2-4-17(23)12-18/h2-13H,14H2,1H3,(H,24,28)/b20-13+. The molecule has 28 heavy (non-hydrogen) atoms. The van der Waals surface area contributed by atoms with Gasteiger partial charge < -0.3 is 9.88 Å². The van der Waals surface area contributed by atoms with Crippen molar-refractivity contribution >= 4 is 33.9 Å². The number of aryl methyl sites for hydroxylation is 1. The largest absolute Gasteiger partial charge is 0.329 e. The van der Waals surface area contributed by atoms with E-state index in [1.54, 1.807) is 6.08 Å². The third kappa shape index (κ3) is 3.64. The fraction of sp³-hybridized carbons (Fsp3) is 0.0909. The normalized spacial score (nSPS) is 15.4. The summed E-state index contributed by atoms with van der Waals surface area (Å²) in [5.41, 5.74) is 4.08. The maximum atomic E-state index is 12.8. The van der Waals surface area contributed by atoms with Gasteiger partial charge in [0, 0.05) is 22.1 Å². The quantitative estimate of drug-likeness (QED) is 0.479. The minimum Gasteiger partial charge on any atom is -0.317 e. The third-order valence-electron chi connectivity index (χ3n) is 4.58. The summed E-state index contributed by atoms with van der Waals surface area (Å²) in [6, 6.07) is 19.0. The number of halogens is 1. The maximum Gasteiger partial charge on any atom is 0.329 e. The van der Waals surface area contributed by atoms with E-state index in [9.17, 15) is 9.59 Å². The van der Waals surface area contributed by atoms with Gasteiger partial charge in [0.1, 0.15) is 5.70 Å². The van der Waals surface area contributed by atoms with Gasteiger partial charge in [-0.15, -0.1) is 0 Å². The highest BCUT2D eigenvalue weighted by molar-refractivity contribution is 9.10. The van der Waals surface area contributed by atoms with E-state index in [4.69, 9.17) is 0 Å². The summed E-state index contributed by atoms with van der Waals surface area (Å²) in [5, 5.41) is 2.69. The Labute approximate surface area is 171 Å². The van der Waals surface area contributed by atoms with Crippen molar-refractivity contribution in [3.05, 3.63) is 93.9 Å². The van der Waals surface area contributed by atoms with Crippen LogP contribution in [0.5, 0.6) is 0 Å². The van der Waals surface area contributed by atoms with Crippen molar-refractivity contribution in [1.82, 2.24) is 14.8 Å². The van der Waals surface area contributed by atoms with Crippen LogP contribution in [0.25, 0.3) is 11.8 Å². The molecular weight excluding hydrogens is 418 g/mol. The molecule has 0 unspecified atom stereocenters. The average molecular weight is 436 g/mol. The zero-order chi connectivity index (χ0) is 19.7. The van der Waals surface area contributed by atoms with Gasteiger partial charge in [0.2, 0.25) is 0 Å². The molecule has 0 radical (unpaired) electrons. The summed E-state index contributed by atoms with van der Waals surface area (Å²) in [4.78, 5) is 26.3. The minimum absolute atomic E-state index is 0.245. The number of nitrogens with zero attached hydrogens (tertiary/aromatic N) is 2. The number of carbonyl (C=O) groups excluding carboxylic acids is 2. The number of nitrogens with one attached hydrogen (secondary N) is 1. The Kier molecular flexibility index (Phi) is 4.88. The topological polar surface area (TPSA) is 54.3 Å². The summed E-state index contributed by atoms with van der Waals surface area (Å²) in [6.45, 7) is 2.24. The molecule has 2 heterocycles. The first kappa shape index (κ1) is 18.3. The van der Waals surface area contributed by atoms with E-state index in [-0.39, 0.29) is 18.1 Å². The van der Waals surface area contributed by atoms with E-state index in [1.165, 1.54) is 4.90 Å². The van der Waals surface area contributed by atoms with Gasteiger partial charge in [-0.1, -0.05) is 51.8 Å². The van der Waals surface area contributed by atoms with Crippen molar-refractivity contribution in [2.45, 2.75) is 13.5 Å². The molecule has 2 aromatic carbocycles. The molecule has 3 amide bonds. The highest BCUT2D eigenvalue weighted by atomic mass is 79.9. The average Bonchev–Trinajstić information content (AvgIpc) is 3.24. The number of imide groups is 1. The van der Waals surface area contributed by atoms with Crippen molar-refractivity contribution in [2.24, 2.45) is 0 Å². The number of carbonyl (C=O) groups is 2.